The van der Waals surface area contributed by atoms with Crippen molar-refractivity contribution >= 4 is 6.03 Å². The Morgan fingerprint density at radius 2 is 1.71 bits per heavy atom. The van der Waals surface area contributed by atoms with Crippen molar-refractivity contribution in [2.24, 2.45) is 5.73 Å². The molecule has 1 aliphatic rings. The van der Waals surface area contributed by atoms with E-state index in [9.17, 15) is 31.1 Å². The molecule has 2 aromatic rings. The predicted molar refractivity (Wildman–Crippen MR) is 113 cm³/mol. The summed E-state index contributed by atoms with van der Waals surface area (Å²) < 4.78 is 85.2. The number of alkyl halides is 6. The van der Waals surface area contributed by atoms with Gasteiger partial charge in [-0.1, -0.05) is 30.3 Å². The second-order valence-electron chi connectivity index (χ2n) is 8.37. The van der Waals surface area contributed by atoms with Crippen molar-refractivity contribution in [1.29, 1.82) is 0 Å². The number of carbonyl (C=O) groups is 1. The second kappa shape index (κ2) is 9.83. The zero-order valence-electron chi connectivity index (χ0n) is 18.3. The quantitative estimate of drug-likeness (QED) is 0.493. The van der Waals surface area contributed by atoms with Gasteiger partial charge in [-0.2, -0.15) is 26.3 Å². The highest BCUT2D eigenvalue weighted by Gasteiger charge is 2.39. The molecule has 1 aliphatic heterocycles. The Labute approximate surface area is 192 Å². The molecule has 1 heterocycles. The van der Waals surface area contributed by atoms with E-state index in [0.29, 0.717) is 31.5 Å². The van der Waals surface area contributed by atoms with Gasteiger partial charge in [-0.25, -0.2) is 4.79 Å². The van der Waals surface area contributed by atoms with Gasteiger partial charge in [0.05, 0.1) is 29.4 Å². The Morgan fingerprint density at radius 3 is 2.18 bits per heavy atom. The Hall–Kier alpha value is -2.79. The lowest BCUT2D eigenvalue weighted by Gasteiger charge is -2.42. The van der Waals surface area contributed by atoms with E-state index < -0.39 is 41.2 Å². The maximum absolute atomic E-state index is 13.2. The van der Waals surface area contributed by atoms with Crippen LogP contribution in [0.15, 0.2) is 48.5 Å². The molecule has 2 amide bonds. The summed E-state index contributed by atoms with van der Waals surface area (Å²) in [5.74, 6) is 0. The largest absolute Gasteiger partial charge is 0.416 e. The van der Waals surface area contributed by atoms with E-state index in [1.54, 1.807) is 0 Å². The highest BCUT2D eigenvalue weighted by atomic mass is 19.4. The van der Waals surface area contributed by atoms with Gasteiger partial charge in [0.25, 0.3) is 0 Å². The van der Waals surface area contributed by atoms with E-state index in [4.69, 9.17) is 10.5 Å². The number of ether oxygens (including phenoxy) is 1. The number of nitrogens with one attached hydrogen (secondary N) is 2. The van der Waals surface area contributed by atoms with Crippen LogP contribution in [-0.2, 0) is 22.6 Å². The van der Waals surface area contributed by atoms with Gasteiger partial charge in [0.1, 0.15) is 0 Å². The first-order valence-corrected chi connectivity index (χ1v) is 10.6. The molecule has 34 heavy (non-hydrogen) atoms. The highest BCUT2D eigenvalue weighted by Crippen LogP contribution is 2.39. The average molecular weight is 489 g/mol. The van der Waals surface area contributed by atoms with Gasteiger partial charge >= 0.3 is 18.4 Å². The SMILES string of the molecule is C[C@@H](OC[C@@]1(c2ccccc2)CC[C@H](NC(N)=O)CN1)c1cc(C(F)(F)F)cc(C(F)(F)F)c1. The third kappa shape index (κ3) is 6.20. The van der Waals surface area contributed by atoms with Crippen LogP contribution in [0.3, 0.4) is 0 Å². The van der Waals surface area contributed by atoms with E-state index in [-0.39, 0.29) is 24.3 Å². The number of rotatable bonds is 6. The number of benzene rings is 2. The molecule has 0 aliphatic carbocycles. The van der Waals surface area contributed by atoms with Gasteiger partial charge in [0, 0.05) is 12.6 Å². The van der Waals surface area contributed by atoms with Crippen LogP contribution in [0, 0.1) is 0 Å². The Balaban J connectivity index is 1.84. The summed E-state index contributed by atoms with van der Waals surface area (Å²) in [4.78, 5) is 11.2. The lowest BCUT2D eigenvalue weighted by atomic mass is 9.81. The van der Waals surface area contributed by atoms with E-state index in [1.165, 1.54) is 6.92 Å². The molecule has 4 N–H and O–H groups in total. The number of amides is 2. The van der Waals surface area contributed by atoms with Gasteiger partial charge in [-0.3, -0.25) is 0 Å². The molecule has 11 heteroatoms. The summed E-state index contributed by atoms with van der Waals surface area (Å²) in [6, 6.07) is 9.74. The van der Waals surface area contributed by atoms with E-state index in [0.717, 1.165) is 5.56 Å². The number of piperidine rings is 1. The Kier molecular flexibility index (Phi) is 7.47. The Morgan fingerprint density at radius 1 is 1.12 bits per heavy atom. The van der Waals surface area contributed by atoms with E-state index in [2.05, 4.69) is 10.6 Å². The van der Waals surface area contributed by atoms with Crippen LogP contribution < -0.4 is 16.4 Å². The molecule has 2 aromatic carbocycles. The Bertz CT molecular complexity index is 954. The third-order valence-electron chi connectivity index (χ3n) is 5.94. The van der Waals surface area contributed by atoms with Crippen molar-refractivity contribution in [3.63, 3.8) is 0 Å². The molecule has 0 bridgehead atoms. The van der Waals surface area contributed by atoms with Crippen LogP contribution in [0.4, 0.5) is 31.1 Å². The number of carbonyl (C=O) groups excluding carboxylic acids is 1. The molecule has 186 valence electrons. The predicted octanol–water partition coefficient (Wildman–Crippen LogP) is 5.12. The standard InChI is InChI=1S/C23H25F6N3O2/c1-14(15-9-17(22(24,25)26)11-18(10-15)23(27,28)29)34-13-21(16-5-3-2-4-6-16)8-7-19(12-31-21)32-20(30)33/h2-6,9-11,14,19,31H,7-8,12-13H2,1H3,(H3,30,32,33)/t14-,19+,21-/m1/s1. The van der Waals surface area contributed by atoms with Crippen LogP contribution in [-0.4, -0.2) is 25.2 Å². The van der Waals surface area contributed by atoms with Crippen LogP contribution in [0.25, 0.3) is 0 Å². The highest BCUT2D eigenvalue weighted by molar-refractivity contribution is 5.72. The van der Waals surface area contributed by atoms with Crippen molar-refractivity contribution in [2.75, 3.05) is 13.2 Å². The molecule has 1 saturated heterocycles. The number of hydrogen-bond donors (Lipinski definition) is 3. The average Bonchev–Trinajstić information content (AvgIpc) is 2.77. The molecule has 0 aromatic heterocycles. The van der Waals surface area contributed by atoms with E-state index >= 15 is 0 Å². The zero-order valence-corrected chi connectivity index (χ0v) is 18.3. The molecule has 1 fully saturated rings. The lowest BCUT2D eigenvalue weighted by Crippen LogP contribution is -2.57. The maximum Gasteiger partial charge on any atom is 0.416 e. The van der Waals surface area contributed by atoms with Gasteiger partial charge in [-0.15, -0.1) is 0 Å². The topological polar surface area (TPSA) is 76.4 Å². The molecule has 0 unspecified atom stereocenters. The van der Waals surface area contributed by atoms with Crippen LogP contribution >= 0.6 is 0 Å². The minimum absolute atomic E-state index is 0.0148. The summed E-state index contributed by atoms with van der Waals surface area (Å²) >= 11 is 0. The monoisotopic (exact) mass is 489 g/mol. The van der Waals surface area contributed by atoms with Gasteiger partial charge in [0.15, 0.2) is 0 Å². The zero-order chi connectivity index (χ0) is 25.1. The molecule has 3 atom stereocenters. The molecule has 0 radical (unpaired) electrons. The summed E-state index contributed by atoms with van der Waals surface area (Å²) in [7, 11) is 0. The van der Waals surface area contributed by atoms with E-state index in [1.807, 2.05) is 30.3 Å². The minimum atomic E-state index is -4.94. The first kappa shape index (κ1) is 25.8. The molecular formula is C23H25F6N3O2. The van der Waals surface area contributed by atoms with Crippen molar-refractivity contribution in [1.82, 2.24) is 10.6 Å². The molecule has 3 rings (SSSR count). The molecule has 0 saturated carbocycles. The van der Waals surface area contributed by atoms with Crippen LogP contribution in [0.2, 0.25) is 0 Å². The summed E-state index contributed by atoms with van der Waals surface area (Å²) in [6.45, 7) is 1.75. The molecular weight excluding hydrogens is 464 g/mol. The van der Waals surface area contributed by atoms with Gasteiger partial charge in [0.2, 0.25) is 0 Å². The number of primary amides is 1. The summed E-state index contributed by atoms with van der Waals surface area (Å²) in [5.41, 5.74) is 2.28. The van der Waals surface area contributed by atoms with Crippen molar-refractivity contribution in [3.05, 3.63) is 70.8 Å². The van der Waals surface area contributed by atoms with Crippen molar-refractivity contribution in [3.8, 4) is 0 Å². The first-order chi connectivity index (χ1) is 15.8. The minimum Gasteiger partial charge on any atom is -0.372 e. The van der Waals surface area contributed by atoms with Gasteiger partial charge in [-0.05, 0) is 49.1 Å². The fourth-order valence-electron chi connectivity index (χ4n) is 4.04. The third-order valence-corrected chi connectivity index (χ3v) is 5.94. The maximum atomic E-state index is 13.2. The smallest absolute Gasteiger partial charge is 0.372 e. The normalized spacial score (nSPS) is 22.3. The fraction of sp³-hybridized carbons (Fsp3) is 0.435. The molecule has 0 spiro atoms. The van der Waals surface area contributed by atoms with Gasteiger partial charge < -0.3 is 21.1 Å². The molecule has 5 nitrogen and oxygen atoms in total. The number of hydrogen-bond acceptors (Lipinski definition) is 3. The summed E-state index contributed by atoms with van der Waals surface area (Å²) in [5, 5.41) is 5.95. The lowest BCUT2D eigenvalue weighted by molar-refractivity contribution is -0.143. The number of nitrogens with two attached hydrogens (primary N) is 1. The van der Waals surface area contributed by atoms with Crippen molar-refractivity contribution < 1.29 is 35.9 Å². The van der Waals surface area contributed by atoms with Crippen molar-refractivity contribution in [2.45, 2.75) is 49.8 Å². The fourth-order valence-corrected chi connectivity index (χ4v) is 4.04. The van der Waals surface area contributed by atoms with Crippen LogP contribution in [0.1, 0.15) is 48.1 Å². The second-order valence-corrected chi connectivity index (χ2v) is 8.37. The first-order valence-electron chi connectivity index (χ1n) is 10.6. The number of urea groups is 1. The summed E-state index contributed by atoms with van der Waals surface area (Å²) in [6.07, 6.45) is -9.88. The number of halogens is 6. The van der Waals surface area contributed by atoms with Crippen LogP contribution in [0.5, 0.6) is 0 Å².